The molecule has 31 heavy (non-hydrogen) atoms. The molecule has 0 radical (unpaired) electrons. The zero-order valence-corrected chi connectivity index (χ0v) is 17.0. The van der Waals surface area contributed by atoms with E-state index in [1.165, 1.54) is 24.3 Å². The predicted molar refractivity (Wildman–Crippen MR) is 115 cm³/mol. The molecule has 3 aromatic rings. The lowest BCUT2D eigenvalue weighted by molar-refractivity contribution is -0.125. The number of ether oxygens (including phenoxy) is 1. The minimum Gasteiger partial charge on any atom is -0.484 e. The quantitative estimate of drug-likeness (QED) is 0.521. The summed E-state index contributed by atoms with van der Waals surface area (Å²) in [5.74, 6) is -1.11. The van der Waals surface area contributed by atoms with Gasteiger partial charge in [0.1, 0.15) is 11.6 Å². The van der Waals surface area contributed by atoms with Crippen LogP contribution in [0.3, 0.4) is 0 Å². The second-order valence-corrected chi connectivity index (χ2v) is 6.92. The number of hydrogen-bond acceptors (Lipinski definition) is 4. The smallest absolute Gasteiger partial charge is 0.258 e. The number of anilines is 1. The van der Waals surface area contributed by atoms with Crippen molar-refractivity contribution in [3.05, 3.63) is 94.8 Å². The molecule has 0 spiro atoms. The summed E-state index contributed by atoms with van der Waals surface area (Å²) in [6.45, 7) is -0.553. The van der Waals surface area contributed by atoms with Crippen LogP contribution < -0.4 is 15.4 Å². The fraction of sp³-hybridized carbons (Fsp3) is 0.0870. The Bertz CT molecular complexity index is 1070. The number of rotatable bonds is 8. The molecule has 0 saturated heterocycles. The van der Waals surface area contributed by atoms with E-state index in [0.29, 0.717) is 27.6 Å². The monoisotopic (exact) mass is 440 g/mol. The highest BCUT2D eigenvalue weighted by Gasteiger charge is 2.10. The standard InChI is InChI=1S/C23H18ClFN2O4/c24-17-5-1-15(2-6-17)23(30)16-3-11-20(12-4-16)31-14-22(29)26-13-21(28)27-19-9-7-18(25)8-10-19/h1-12H,13-14H2,(H,26,29)(H,27,28). The van der Waals surface area contributed by atoms with Gasteiger partial charge in [0, 0.05) is 21.8 Å². The molecule has 0 fully saturated rings. The first-order chi connectivity index (χ1) is 14.9. The van der Waals surface area contributed by atoms with Gasteiger partial charge in [-0.1, -0.05) is 11.6 Å². The van der Waals surface area contributed by atoms with Crippen LogP contribution in [0.1, 0.15) is 15.9 Å². The summed E-state index contributed by atoms with van der Waals surface area (Å²) in [5, 5.41) is 5.50. The topological polar surface area (TPSA) is 84.5 Å². The van der Waals surface area contributed by atoms with Crippen molar-refractivity contribution in [2.24, 2.45) is 0 Å². The van der Waals surface area contributed by atoms with E-state index in [0.717, 1.165) is 0 Å². The van der Waals surface area contributed by atoms with E-state index >= 15 is 0 Å². The Morgan fingerprint density at radius 3 is 2.00 bits per heavy atom. The second kappa shape index (κ2) is 10.4. The van der Waals surface area contributed by atoms with Gasteiger partial charge in [0.2, 0.25) is 5.91 Å². The van der Waals surface area contributed by atoms with Crippen LogP contribution in [0.5, 0.6) is 5.75 Å². The largest absolute Gasteiger partial charge is 0.484 e. The van der Waals surface area contributed by atoms with Gasteiger partial charge in [0.25, 0.3) is 5.91 Å². The van der Waals surface area contributed by atoms with E-state index in [-0.39, 0.29) is 18.9 Å². The highest BCUT2D eigenvalue weighted by molar-refractivity contribution is 6.30. The fourth-order valence-electron chi connectivity index (χ4n) is 2.59. The molecule has 3 aromatic carbocycles. The van der Waals surface area contributed by atoms with Gasteiger partial charge in [0.05, 0.1) is 6.54 Å². The minimum atomic E-state index is -0.490. The number of halogens is 2. The van der Waals surface area contributed by atoms with Crippen LogP contribution in [0.15, 0.2) is 72.8 Å². The summed E-state index contributed by atoms with van der Waals surface area (Å²) < 4.78 is 18.2. The van der Waals surface area contributed by atoms with Crippen molar-refractivity contribution in [1.29, 1.82) is 0 Å². The molecule has 6 nitrogen and oxygen atoms in total. The van der Waals surface area contributed by atoms with Gasteiger partial charge in [-0.15, -0.1) is 0 Å². The first kappa shape index (κ1) is 22.0. The van der Waals surface area contributed by atoms with Gasteiger partial charge in [-0.25, -0.2) is 4.39 Å². The van der Waals surface area contributed by atoms with E-state index in [2.05, 4.69) is 10.6 Å². The summed E-state index contributed by atoms with van der Waals surface area (Å²) in [7, 11) is 0. The Hall–Kier alpha value is -3.71. The SMILES string of the molecule is O=C(COc1ccc(C(=O)c2ccc(Cl)cc2)cc1)NCC(=O)Nc1ccc(F)cc1. The molecular weight excluding hydrogens is 423 g/mol. The molecule has 0 aliphatic carbocycles. The molecule has 0 aliphatic heterocycles. The Kier molecular flexibility index (Phi) is 7.35. The molecular formula is C23H18ClFN2O4. The molecule has 0 saturated carbocycles. The Morgan fingerprint density at radius 1 is 0.806 bits per heavy atom. The molecule has 0 heterocycles. The lowest BCUT2D eigenvalue weighted by atomic mass is 10.0. The minimum absolute atomic E-state index is 0.159. The maximum Gasteiger partial charge on any atom is 0.258 e. The van der Waals surface area contributed by atoms with Gasteiger partial charge in [-0.2, -0.15) is 0 Å². The molecule has 0 atom stereocenters. The van der Waals surface area contributed by atoms with Crippen LogP contribution in [0, 0.1) is 5.82 Å². The first-order valence-corrected chi connectivity index (χ1v) is 9.64. The van der Waals surface area contributed by atoms with Crippen molar-refractivity contribution in [3.8, 4) is 5.75 Å². The van der Waals surface area contributed by atoms with Crippen molar-refractivity contribution in [2.45, 2.75) is 0 Å². The molecule has 0 bridgehead atoms. The van der Waals surface area contributed by atoms with Crippen molar-refractivity contribution in [3.63, 3.8) is 0 Å². The number of hydrogen-bond donors (Lipinski definition) is 2. The third-order valence-corrected chi connectivity index (χ3v) is 4.42. The van der Waals surface area contributed by atoms with Crippen molar-refractivity contribution < 1.29 is 23.5 Å². The van der Waals surface area contributed by atoms with Crippen molar-refractivity contribution in [1.82, 2.24) is 5.32 Å². The normalized spacial score (nSPS) is 10.3. The van der Waals surface area contributed by atoms with Crippen LogP contribution in [0.4, 0.5) is 10.1 Å². The predicted octanol–water partition coefficient (Wildman–Crippen LogP) is 3.84. The summed E-state index contributed by atoms with van der Waals surface area (Å²) in [5.41, 5.74) is 1.40. The maximum atomic E-state index is 12.9. The molecule has 0 unspecified atom stereocenters. The van der Waals surface area contributed by atoms with Crippen LogP contribution in [0.2, 0.25) is 5.02 Å². The van der Waals surface area contributed by atoms with E-state index in [1.54, 1.807) is 48.5 Å². The van der Waals surface area contributed by atoms with E-state index in [4.69, 9.17) is 16.3 Å². The van der Waals surface area contributed by atoms with Gasteiger partial charge in [0.15, 0.2) is 12.4 Å². The number of benzene rings is 3. The summed E-state index contributed by atoms with van der Waals surface area (Å²) >= 11 is 5.83. The third-order valence-electron chi connectivity index (χ3n) is 4.17. The summed E-state index contributed by atoms with van der Waals surface area (Å²) in [4.78, 5) is 36.1. The average Bonchev–Trinajstić information content (AvgIpc) is 2.78. The van der Waals surface area contributed by atoms with E-state index < -0.39 is 17.6 Å². The van der Waals surface area contributed by atoms with E-state index in [1.807, 2.05) is 0 Å². The number of carbonyl (C=O) groups is 3. The number of carbonyl (C=O) groups excluding carboxylic acids is 3. The first-order valence-electron chi connectivity index (χ1n) is 9.26. The van der Waals surface area contributed by atoms with Crippen LogP contribution >= 0.6 is 11.6 Å². The van der Waals surface area contributed by atoms with Crippen LogP contribution in [0.25, 0.3) is 0 Å². The number of amides is 2. The summed E-state index contributed by atoms with van der Waals surface area (Å²) in [6, 6.07) is 18.2. The molecule has 158 valence electrons. The highest BCUT2D eigenvalue weighted by atomic mass is 35.5. The number of nitrogens with one attached hydrogen (secondary N) is 2. The molecule has 2 amide bonds. The zero-order chi connectivity index (χ0) is 22.2. The summed E-state index contributed by atoms with van der Waals surface area (Å²) in [6.07, 6.45) is 0. The lowest BCUT2D eigenvalue weighted by Gasteiger charge is -2.09. The third kappa shape index (κ3) is 6.65. The molecule has 0 aliphatic rings. The molecule has 3 rings (SSSR count). The Morgan fingerprint density at radius 2 is 1.39 bits per heavy atom. The van der Waals surface area contributed by atoms with Crippen LogP contribution in [-0.2, 0) is 9.59 Å². The average molecular weight is 441 g/mol. The fourth-order valence-corrected chi connectivity index (χ4v) is 2.71. The zero-order valence-electron chi connectivity index (χ0n) is 16.2. The van der Waals surface area contributed by atoms with Crippen LogP contribution in [-0.4, -0.2) is 30.7 Å². The highest BCUT2D eigenvalue weighted by Crippen LogP contribution is 2.17. The molecule has 8 heteroatoms. The number of ketones is 1. The lowest BCUT2D eigenvalue weighted by Crippen LogP contribution is -2.35. The molecule has 0 aromatic heterocycles. The molecule has 2 N–H and O–H groups in total. The Labute approximate surface area is 183 Å². The van der Waals surface area contributed by atoms with Gasteiger partial charge < -0.3 is 15.4 Å². The van der Waals surface area contributed by atoms with Gasteiger partial charge in [-0.3, -0.25) is 14.4 Å². The Balaban J connectivity index is 1.43. The van der Waals surface area contributed by atoms with Crippen molar-refractivity contribution in [2.75, 3.05) is 18.5 Å². The van der Waals surface area contributed by atoms with E-state index in [9.17, 15) is 18.8 Å². The van der Waals surface area contributed by atoms with Crippen molar-refractivity contribution >= 4 is 34.9 Å². The second-order valence-electron chi connectivity index (χ2n) is 6.48. The van der Waals surface area contributed by atoms with Gasteiger partial charge in [-0.05, 0) is 72.8 Å². The van der Waals surface area contributed by atoms with Gasteiger partial charge >= 0.3 is 0 Å². The maximum absolute atomic E-state index is 12.9.